The number of nitrogens with one attached hydrogen (secondary N) is 1. The van der Waals surface area contributed by atoms with Gasteiger partial charge in [0, 0.05) is 45.2 Å². The van der Waals surface area contributed by atoms with Crippen molar-refractivity contribution < 1.29 is 53.3 Å². The zero-order valence-electron chi connectivity index (χ0n) is 20.7. The molecule has 0 amide bonds. The minimum Gasteiger partial charge on any atom is -0.545 e. The first kappa shape index (κ1) is 27.5. The number of ether oxygens (including phenoxy) is 2. The normalized spacial score (nSPS) is 11.7. The number of carboxylic acid groups (broad SMARTS) is 1. The fourth-order valence-electron chi connectivity index (χ4n) is 4.17. The van der Waals surface area contributed by atoms with E-state index in [2.05, 4.69) is 10.3 Å². The number of hydrogen-bond acceptors (Lipinski definition) is 8. The first-order valence-electron chi connectivity index (χ1n) is 11.1. The van der Waals surface area contributed by atoms with Crippen LogP contribution in [0.15, 0.2) is 65.8 Å². The number of fused-ring (bicyclic) bond motifs is 3. The molecule has 0 saturated heterocycles. The molecule has 8 nitrogen and oxygen atoms in total. The molecule has 0 radical (unpaired) electrons. The molecule has 0 unspecified atom stereocenters. The van der Waals surface area contributed by atoms with Crippen LogP contribution >= 0.6 is 11.6 Å². The molecule has 0 aliphatic carbocycles. The van der Waals surface area contributed by atoms with Crippen LogP contribution in [0.4, 0.5) is 16.0 Å². The zero-order valence-corrected chi connectivity index (χ0v) is 23.5. The van der Waals surface area contributed by atoms with E-state index in [1.54, 1.807) is 42.6 Å². The summed E-state index contributed by atoms with van der Waals surface area (Å²) in [6.45, 7) is 0.197. The van der Waals surface area contributed by atoms with Crippen LogP contribution in [0.2, 0.25) is 5.02 Å². The molecule has 5 rings (SSSR count). The molecule has 0 spiro atoms. The average Bonchev–Trinajstić information content (AvgIpc) is 3.04. The van der Waals surface area contributed by atoms with Crippen molar-refractivity contribution >= 4 is 34.9 Å². The summed E-state index contributed by atoms with van der Waals surface area (Å²) < 4.78 is 25.6. The van der Waals surface area contributed by atoms with Crippen LogP contribution < -0.4 is 49.5 Å². The van der Waals surface area contributed by atoms with Gasteiger partial charge in [-0.1, -0.05) is 23.7 Å². The maximum Gasteiger partial charge on any atom is 1.00 e. The van der Waals surface area contributed by atoms with Crippen LogP contribution in [0.1, 0.15) is 27.0 Å². The second-order valence-electron chi connectivity index (χ2n) is 8.07. The van der Waals surface area contributed by atoms with Gasteiger partial charge in [0.1, 0.15) is 17.3 Å². The first-order valence-corrected chi connectivity index (χ1v) is 11.5. The van der Waals surface area contributed by atoms with Gasteiger partial charge in [-0.15, -0.1) is 0 Å². The molecule has 1 N–H and O–H groups in total. The number of benzene rings is 3. The Morgan fingerprint density at radius 3 is 2.58 bits per heavy atom. The molecule has 2 heterocycles. The van der Waals surface area contributed by atoms with Crippen LogP contribution in [0, 0.1) is 5.82 Å². The Hall–Kier alpha value is -3.50. The molecule has 3 aromatic carbocycles. The van der Waals surface area contributed by atoms with Gasteiger partial charge >= 0.3 is 29.6 Å². The molecule has 4 aromatic rings. The minimum atomic E-state index is -1.35. The molecule has 38 heavy (non-hydrogen) atoms. The zero-order chi connectivity index (χ0) is 26.1. The number of anilines is 2. The van der Waals surface area contributed by atoms with Crippen LogP contribution in [0.5, 0.6) is 11.5 Å². The van der Waals surface area contributed by atoms with Crippen molar-refractivity contribution in [2.24, 2.45) is 4.99 Å². The Morgan fingerprint density at radius 2 is 1.84 bits per heavy atom. The number of carbonyl (C=O) groups is 1. The Bertz CT molecular complexity index is 1580. The number of carbonyl (C=O) groups excluding carboxylic acids is 1. The van der Waals surface area contributed by atoms with Gasteiger partial charge in [0.05, 0.1) is 43.7 Å². The number of carboxylic acids is 1. The summed E-state index contributed by atoms with van der Waals surface area (Å²) in [7, 11) is 2.84. The fourth-order valence-corrected chi connectivity index (χ4v) is 4.34. The molecule has 186 valence electrons. The second-order valence-corrected chi connectivity index (χ2v) is 8.50. The van der Waals surface area contributed by atoms with E-state index in [4.69, 9.17) is 31.1 Å². The molecular weight excluding hydrogens is 522 g/mol. The fraction of sp³-hybridized carbons (Fsp3) is 0.111. The number of halogens is 2. The van der Waals surface area contributed by atoms with E-state index in [0.29, 0.717) is 39.0 Å². The van der Waals surface area contributed by atoms with Crippen molar-refractivity contribution in [3.63, 3.8) is 0 Å². The third kappa shape index (κ3) is 5.23. The third-order valence-corrected chi connectivity index (χ3v) is 6.11. The van der Waals surface area contributed by atoms with Crippen molar-refractivity contribution in [2.45, 2.75) is 6.54 Å². The van der Waals surface area contributed by atoms with Gasteiger partial charge in [0.25, 0.3) is 0 Å². The number of aromatic nitrogens is 2. The van der Waals surface area contributed by atoms with Crippen LogP contribution in [0.25, 0.3) is 11.3 Å². The van der Waals surface area contributed by atoms with Gasteiger partial charge in [0.2, 0.25) is 5.95 Å². The predicted octanol–water partition coefficient (Wildman–Crippen LogP) is 1.42. The van der Waals surface area contributed by atoms with Gasteiger partial charge in [-0.3, -0.25) is 4.99 Å². The van der Waals surface area contributed by atoms with Crippen LogP contribution in [-0.4, -0.2) is 35.9 Å². The number of aromatic carboxylic acids is 1. The molecule has 0 saturated carbocycles. The van der Waals surface area contributed by atoms with Crippen molar-refractivity contribution in [1.29, 1.82) is 0 Å². The number of hydrogen-bond donors (Lipinski definition) is 1. The summed E-state index contributed by atoms with van der Waals surface area (Å²) in [4.78, 5) is 25.1. The van der Waals surface area contributed by atoms with Gasteiger partial charge in [0.15, 0.2) is 0 Å². The van der Waals surface area contributed by atoms with E-state index >= 15 is 4.39 Å². The Morgan fingerprint density at radius 1 is 1.05 bits per heavy atom. The summed E-state index contributed by atoms with van der Waals surface area (Å²) in [5, 5.41) is 14.8. The van der Waals surface area contributed by atoms with Crippen molar-refractivity contribution in [3.05, 3.63) is 93.9 Å². The van der Waals surface area contributed by atoms with E-state index in [1.807, 2.05) is 0 Å². The maximum absolute atomic E-state index is 15.0. The first-order chi connectivity index (χ1) is 17.9. The van der Waals surface area contributed by atoms with Gasteiger partial charge in [-0.05, 0) is 36.4 Å². The topological polar surface area (TPSA) is 109 Å². The maximum atomic E-state index is 15.0. The number of methoxy groups -OCH3 is 2. The predicted molar refractivity (Wildman–Crippen MR) is 135 cm³/mol. The summed E-state index contributed by atoms with van der Waals surface area (Å²) in [6, 6.07) is 14.3. The largest absolute Gasteiger partial charge is 1.00 e. The number of nitrogens with zero attached hydrogens (tertiary/aromatic N) is 3. The molecular formula is C27H19ClFN4NaO4. The van der Waals surface area contributed by atoms with Gasteiger partial charge in [-0.2, -0.15) is 0 Å². The molecule has 0 atom stereocenters. The Balaban J connectivity index is 0.00000336. The Labute approximate surface area is 244 Å². The quantitative estimate of drug-likeness (QED) is 0.368. The Kier molecular flexibility index (Phi) is 8.32. The minimum absolute atomic E-state index is 0. The average molecular weight is 541 g/mol. The van der Waals surface area contributed by atoms with Crippen LogP contribution in [-0.2, 0) is 6.54 Å². The summed E-state index contributed by atoms with van der Waals surface area (Å²) in [5.41, 5.74) is 3.67. The smallest absolute Gasteiger partial charge is 0.545 e. The van der Waals surface area contributed by atoms with Crippen molar-refractivity contribution in [1.82, 2.24) is 9.97 Å². The third-order valence-electron chi connectivity index (χ3n) is 5.87. The SMILES string of the molecule is COc1cc(Nc2ncc3c(n2)-c2ccc(Cl)cc2C(c2c(F)cccc2OC)=NC3)ccc1C(=O)[O-].[Na+]. The van der Waals surface area contributed by atoms with Crippen molar-refractivity contribution in [2.75, 3.05) is 19.5 Å². The summed E-state index contributed by atoms with van der Waals surface area (Å²) in [5.74, 6) is -1.08. The van der Waals surface area contributed by atoms with Gasteiger partial charge < -0.3 is 24.7 Å². The van der Waals surface area contributed by atoms with E-state index in [0.717, 1.165) is 5.56 Å². The van der Waals surface area contributed by atoms with Crippen molar-refractivity contribution in [3.8, 4) is 22.8 Å². The second kappa shape index (κ2) is 11.5. The number of aliphatic imine (C=N–C) groups is 1. The molecule has 1 aromatic heterocycles. The monoisotopic (exact) mass is 540 g/mol. The molecule has 0 bridgehead atoms. The molecule has 11 heteroatoms. The van der Waals surface area contributed by atoms with Gasteiger partial charge in [-0.25, -0.2) is 14.4 Å². The summed E-state index contributed by atoms with van der Waals surface area (Å²) >= 11 is 6.34. The van der Waals surface area contributed by atoms with Crippen LogP contribution in [0.3, 0.4) is 0 Å². The van der Waals surface area contributed by atoms with E-state index in [1.165, 1.54) is 32.4 Å². The molecule has 1 aliphatic rings. The molecule has 1 aliphatic heterocycles. The van der Waals surface area contributed by atoms with E-state index in [9.17, 15) is 9.90 Å². The van der Waals surface area contributed by atoms with E-state index < -0.39 is 11.8 Å². The summed E-state index contributed by atoms with van der Waals surface area (Å²) in [6.07, 6.45) is 1.64. The number of rotatable bonds is 6. The standard InChI is InChI=1S/C27H20ClFN4O4.Na/c1-36-21-5-3-4-20(29)23(21)25-19-10-15(28)6-8-17(19)24-14(12-30-25)13-31-27(33-24)32-16-7-9-18(26(34)35)22(11-16)37-2;/h3-11,13H,12H2,1-2H3,(H,34,35)(H,31,32,33);/q;+1/p-1. The molecule has 0 fully saturated rings. The van der Waals surface area contributed by atoms with E-state index in [-0.39, 0.29) is 58.9 Å².